The van der Waals surface area contributed by atoms with Crippen molar-refractivity contribution in [3.8, 4) is 5.75 Å². The van der Waals surface area contributed by atoms with Gasteiger partial charge in [0.05, 0.1) is 12.2 Å². The van der Waals surface area contributed by atoms with E-state index in [4.69, 9.17) is 11.6 Å². The highest BCUT2D eigenvalue weighted by molar-refractivity contribution is 6.30. The van der Waals surface area contributed by atoms with Crippen molar-refractivity contribution in [3.63, 3.8) is 0 Å². The van der Waals surface area contributed by atoms with Crippen LogP contribution in [0.4, 0.5) is 0 Å². The lowest BCUT2D eigenvalue weighted by molar-refractivity contribution is -0.130. The third kappa shape index (κ3) is 5.05. The number of phenolic OH excluding ortho intramolecular Hbond substituents is 1. The van der Waals surface area contributed by atoms with Gasteiger partial charge in [0.25, 0.3) is 0 Å². The molecular weight excluding hydrogens is 362 g/mol. The predicted molar refractivity (Wildman–Crippen MR) is 105 cm³/mol. The van der Waals surface area contributed by atoms with Crippen LogP contribution in [0.25, 0.3) is 0 Å². The highest BCUT2D eigenvalue weighted by atomic mass is 35.5. The van der Waals surface area contributed by atoms with E-state index in [0.29, 0.717) is 11.6 Å². The van der Waals surface area contributed by atoms with Crippen molar-refractivity contribution >= 4 is 17.5 Å². The number of phenols is 1. The third-order valence-corrected chi connectivity index (χ3v) is 4.61. The molecule has 0 fully saturated rings. The second-order valence-corrected chi connectivity index (χ2v) is 6.79. The van der Waals surface area contributed by atoms with Crippen molar-refractivity contribution in [1.82, 2.24) is 14.9 Å². The summed E-state index contributed by atoms with van der Waals surface area (Å²) in [5.74, 6) is -0.0700. The topological polar surface area (TPSA) is 66.3 Å². The number of carbonyl (C=O) groups is 1. The average molecular weight is 382 g/mol. The van der Waals surface area contributed by atoms with Crippen molar-refractivity contribution in [3.05, 3.63) is 89.0 Å². The Labute approximate surface area is 163 Å². The van der Waals surface area contributed by atoms with E-state index >= 15 is 0 Å². The van der Waals surface area contributed by atoms with E-state index in [-0.39, 0.29) is 24.0 Å². The van der Waals surface area contributed by atoms with Gasteiger partial charge in [-0.25, -0.2) is 9.97 Å². The largest absolute Gasteiger partial charge is 0.508 e. The molecule has 0 aliphatic rings. The Bertz CT molecular complexity index is 873. The summed E-state index contributed by atoms with van der Waals surface area (Å²) in [5, 5.41) is 10.5. The van der Waals surface area contributed by atoms with Crippen molar-refractivity contribution < 1.29 is 9.90 Å². The van der Waals surface area contributed by atoms with Gasteiger partial charge in [0.15, 0.2) is 0 Å². The molecule has 27 heavy (non-hydrogen) atoms. The van der Waals surface area contributed by atoms with Gasteiger partial charge in [-0.3, -0.25) is 4.79 Å². The standard InChI is InChI=1S/C21H20ClN3O2/c1-25(13-18-8-9-23-14-24-18)21(27)12-20(15-4-2-6-17(22)10-15)16-5-3-7-19(26)11-16/h2-11,14,20,26H,12-13H2,1H3/t20-/m0/s1. The summed E-state index contributed by atoms with van der Waals surface area (Å²) < 4.78 is 0. The molecule has 1 heterocycles. The SMILES string of the molecule is CN(Cc1ccncn1)C(=O)C[C@H](c1cccc(O)c1)c1cccc(Cl)c1. The number of carbonyl (C=O) groups excluding carboxylic acids is 1. The van der Waals surface area contributed by atoms with Crippen molar-refractivity contribution in [1.29, 1.82) is 0 Å². The molecule has 0 unspecified atom stereocenters. The Morgan fingerprint density at radius 1 is 1.15 bits per heavy atom. The molecule has 5 nitrogen and oxygen atoms in total. The van der Waals surface area contributed by atoms with E-state index in [1.807, 2.05) is 24.3 Å². The maximum absolute atomic E-state index is 12.9. The molecule has 0 saturated heterocycles. The van der Waals surface area contributed by atoms with Gasteiger partial charge in [0, 0.05) is 30.6 Å². The number of rotatable bonds is 6. The maximum atomic E-state index is 12.9. The highest BCUT2D eigenvalue weighted by Gasteiger charge is 2.21. The van der Waals surface area contributed by atoms with E-state index < -0.39 is 0 Å². The Hall–Kier alpha value is -2.92. The van der Waals surface area contributed by atoms with Gasteiger partial charge in [-0.15, -0.1) is 0 Å². The molecule has 3 aromatic rings. The number of aromatic hydroxyl groups is 1. The molecule has 0 aliphatic carbocycles. The number of halogens is 1. The van der Waals surface area contributed by atoms with Crippen molar-refractivity contribution in [2.45, 2.75) is 18.9 Å². The van der Waals surface area contributed by atoms with E-state index in [1.54, 1.807) is 48.5 Å². The van der Waals surface area contributed by atoms with E-state index in [0.717, 1.165) is 16.8 Å². The molecule has 1 aromatic heterocycles. The van der Waals surface area contributed by atoms with Crippen molar-refractivity contribution in [2.75, 3.05) is 7.05 Å². The van der Waals surface area contributed by atoms with Crippen LogP contribution in [0.1, 0.15) is 29.2 Å². The lowest BCUT2D eigenvalue weighted by Gasteiger charge is -2.22. The molecule has 0 saturated carbocycles. The fourth-order valence-corrected chi connectivity index (χ4v) is 3.17. The normalized spacial score (nSPS) is 11.8. The number of nitrogens with zero attached hydrogens (tertiary/aromatic N) is 3. The van der Waals surface area contributed by atoms with Crippen LogP contribution in [0.3, 0.4) is 0 Å². The number of benzene rings is 2. The van der Waals surface area contributed by atoms with E-state index in [2.05, 4.69) is 9.97 Å². The average Bonchev–Trinajstić information content (AvgIpc) is 2.66. The molecule has 3 rings (SSSR count). The molecule has 0 spiro atoms. The molecule has 0 bridgehead atoms. The predicted octanol–water partition coefficient (Wildman–Crippen LogP) is 4.02. The first-order valence-corrected chi connectivity index (χ1v) is 8.94. The summed E-state index contributed by atoms with van der Waals surface area (Å²) in [6.45, 7) is 0.406. The summed E-state index contributed by atoms with van der Waals surface area (Å²) in [6.07, 6.45) is 3.38. The summed E-state index contributed by atoms with van der Waals surface area (Å²) >= 11 is 6.16. The third-order valence-electron chi connectivity index (χ3n) is 4.37. The smallest absolute Gasteiger partial charge is 0.223 e. The molecule has 1 amide bonds. The van der Waals surface area contributed by atoms with Crippen LogP contribution in [0.15, 0.2) is 67.1 Å². The fraction of sp³-hybridized carbons (Fsp3) is 0.190. The Kier molecular flexibility index (Phi) is 6.04. The van der Waals surface area contributed by atoms with Gasteiger partial charge in [-0.05, 0) is 41.5 Å². The Morgan fingerprint density at radius 2 is 1.89 bits per heavy atom. The molecule has 0 aliphatic heterocycles. The van der Waals surface area contributed by atoms with Crippen LogP contribution in [0.2, 0.25) is 5.02 Å². The van der Waals surface area contributed by atoms with Gasteiger partial charge in [-0.1, -0.05) is 35.9 Å². The zero-order chi connectivity index (χ0) is 19.2. The minimum Gasteiger partial charge on any atom is -0.508 e. The number of aromatic nitrogens is 2. The van der Waals surface area contributed by atoms with Gasteiger partial charge >= 0.3 is 0 Å². The highest BCUT2D eigenvalue weighted by Crippen LogP contribution is 2.32. The maximum Gasteiger partial charge on any atom is 0.223 e. The Balaban J connectivity index is 1.83. The first-order chi connectivity index (χ1) is 13.0. The fourth-order valence-electron chi connectivity index (χ4n) is 2.97. The van der Waals surface area contributed by atoms with Gasteiger partial charge in [0.2, 0.25) is 5.91 Å². The van der Waals surface area contributed by atoms with Crippen LogP contribution in [-0.2, 0) is 11.3 Å². The van der Waals surface area contributed by atoms with Crippen molar-refractivity contribution in [2.24, 2.45) is 0 Å². The van der Waals surface area contributed by atoms with Gasteiger partial charge in [0.1, 0.15) is 12.1 Å². The molecule has 0 radical (unpaired) electrons. The molecule has 6 heteroatoms. The first kappa shape index (κ1) is 18.9. The second kappa shape index (κ2) is 8.64. The monoisotopic (exact) mass is 381 g/mol. The number of amides is 1. The van der Waals surface area contributed by atoms with Crippen LogP contribution in [-0.4, -0.2) is 32.9 Å². The molecule has 2 aromatic carbocycles. The Morgan fingerprint density at radius 3 is 2.56 bits per heavy atom. The quantitative estimate of drug-likeness (QED) is 0.700. The first-order valence-electron chi connectivity index (χ1n) is 8.56. The molecule has 1 atom stereocenters. The lowest BCUT2D eigenvalue weighted by Crippen LogP contribution is -2.28. The molecule has 138 valence electrons. The second-order valence-electron chi connectivity index (χ2n) is 6.36. The van der Waals surface area contributed by atoms with Gasteiger partial charge in [-0.2, -0.15) is 0 Å². The van der Waals surface area contributed by atoms with Crippen LogP contribution >= 0.6 is 11.6 Å². The zero-order valence-electron chi connectivity index (χ0n) is 14.9. The number of hydrogen-bond acceptors (Lipinski definition) is 4. The zero-order valence-corrected chi connectivity index (χ0v) is 15.7. The van der Waals surface area contributed by atoms with E-state index in [9.17, 15) is 9.90 Å². The van der Waals surface area contributed by atoms with Gasteiger partial charge < -0.3 is 10.0 Å². The summed E-state index contributed by atoms with van der Waals surface area (Å²) in [5.41, 5.74) is 2.57. The van der Waals surface area contributed by atoms with Crippen LogP contribution in [0, 0.1) is 0 Å². The van der Waals surface area contributed by atoms with Crippen LogP contribution in [0.5, 0.6) is 5.75 Å². The molecular formula is C21H20ClN3O2. The van der Waals surface area contributed by atoms with E-state index in [1.165, 1.54) is 6.33 Å². The summed E-state index contributed by atoms with van der Waals surface area (Å²) in [7, 11) is 1.75. The van der Waals surface area contributed by atoms with Crippen LogP contribution < -0.4 is 0 Å². The molecule has 1 N–H and O–H groups in total. The lowest BCUT2D eigenvalue weighted by atomic mass is 9.88. The summed E-state index contributed by atoms with van der Waals surface area (Å²) in [4.78, 5) is 22.6. The summed E-state index contributed by atoms with van der Waals surface area (Å²) in [6, 6.07) is 16.2. The number of hydrogen-bond donors (Lipinski definition) is 1. The minimum absolute atomic E-state index is 0.0260. The minimum atomic E-state index is -0.212.